The van der Waals surface area contributed by atoms with Crippen LogP contribution in [0.4, 0.5) is 5.69 Å². The maximum atomic E-state index is 12.6. The average Bonchev–Trinajstić information content (AvgIpc) is 2.73. The second kappa shape index (κ2) is 9.26. The van der Waals surface area contributed by atoms with Crippen LogP contribution in [-0.4, -0.2) is 49.1 Å². The molecule has 0 aliphatic carbocycles. The number of nitrogens with one attached hydrogen (secondary N) is 1. The van der Waals surface area contributed by atoms with E-state index in [4.69, 9.17) is 9.47 Å². The van der Waals surface area contributed by atoms with Crippen molar-refractivity contribution in [2.45, 2.75) is 31.7 Å². The lowest BCUT2D eigenvalue weighted by molar-refractivity contribution is -0.132. The van der Waals surface area contributed by atoms with Crippen molar-refractivity contribution in [1.82, 2.24) is 9.88 Å². The van der Waals surface area contributed by atoms with Gasteiger partial charge in [0.25, 0.3) is 0 Å². The summed E-state index contributed by atoms with van der Waals surface area (Å²) < 4.78 is 10.6. The number of pyridine rings is 1. The Morgan fingerprint density at radius 3 is 2.70 bits per heavy atom. The Hall–Kier alpha value is -2.76. The highest BCUT2D eigenvalue weighted by atomic mass is 16.5. The fourth-order valence-corrected chi connectivity index (χ4v) is 3.44. The number of hydrogen-bond acceptors (Lipinski definition) is 5. The summed E-state index contributed by atoms with van der Waals surface area (Å²) in [6.07, 6.45) is 6.88. The van der Waals surface area contributed by atoms with Gasteiger partial charge in [-0.25, -0.2) is 0 Å². The smallest absolute Gasteiger partial charge is 0.222 e. The van der Waals surface area contributed by atoms with Gasteiger partial charge in [-0.15, -0.1) is 0 Å². The Bertz CT molecular complexity index is 752. The maximum Gasteiger partial charge on any atom is 0.222 e. The van der Waals surface area contributed by atoms with E-state index in [-0.39, 0.29) is 11.9 Å². The van der Waals surface area contributed by atoms with Crippen LogP contribution in [-0.2, 0) is 11.2 Å². The molecule has 2 aromatic rings. The van der Waals surface area contributed by atoms with E-state index in [1.54, 1.807) is 26.6 Å². The van der Waals surface area contributed by atoms with Gasteiger partial charge in [0.15, 0.2) is 11.5 Å². The SMILES string of the molecule is COc1ccc(N[C@@H]2CCCN(C(=O)CCc3ccncc3)C2)cc1OC. The topological polar surface area (TPSA) is 63.7 Å². The molecule has 0 saturated carbocycles. The Balaban J connectivity index is 1.55. The highest BCUT2D eigenvalue weighted by Crippen LogP contribution is 2.30. The minimum Gasteiger partial charge on any atom is -0.493 e. The molecule has 0 bridgehead atoms. The minimum atomic E-state index is 0.214. The Morgan fingerprint density at radius 2 is 1.96 bits per heavy atom. The predicted molar refractivity (Wildman–Crippen MR) is 105 cm³/mol. The van der Waals surface area contributed by atoms with Crippen LogP contribution in [0.1, 0.15) is 24.8 Å². The Labute approximate surface area is 160 Å². The molecule has 0 radical (unpaired) electrons. The van der Waals surface area contributed by atoms with Crippen molar-refractivity contribution in [1.29, 1.82) is 0 Å². The number of methoxy groups -OCH3 is 2. The van der Waals surface area contributed by atoms with Crippen molar-refractivity contribution in [3.05, 3.63) is 48.3 Å². The molecule has 1 aliphatic rings. The molecule has 1 amide bonds. The van der Waals surface area contributed by atoms with Gasteiger partial charge in [-0.3, -0.25) is 9.78 Å². The minimum absolute atomic E-state index is 0.214. The largest absolute Gasteiger partial charge is 0.493 e. The van der Waals surface area contributed by atoms with E-state index >= 15 is 0 Å². The summed E-state index contributed by atoms with van der Waals surface area (Å²) in [5.74, 6) is 1.62. The van der Waals surface area contributed by atoms with Crippen LogP contribution in [0.25, 0.3) is 0 Å². The third-order valence-electron chi connectivity index (χ3n) is 4.91. The summed E-state index contributed by atoms with van der Waals surface area (Å²) >= 11 is 0. The van der Waals surface area contributed by atoms with Crippen LogP contribution in [0.5, 0.6) is 11.5 Å². The van der Waals surface area contributed by atoms with Gasteiger partial charge in [0.05, 0.1) is 14.2 Å². The first kappa shape index (κ1) is 19.0. The number of amides is 1. The molecular weight excluding hydrogens is 342 g/mol. The van der Waals surface area contributed by atoms with E-state index in [0.29, 0.717) is 17.9 Å². The Kier molecular flexibility index (Phi) is 6.52. The summed E-state index contributed by atoms with van der Waals surface area (Å²) in [6, 6.07) is 9.97. The molecule has 1 aromatic heterocycles. The summed E-state index contributed by atoms with van der Waals surface area (Å²) in [4.78, 5) is 18.6. The standard InChI is InChI=1S/C21H27N3O3/c1-26-19-7-6-17(14-20(19)27-2)23-18-4-3-13-24(15-18)21(25)8-5-16-9-11-22-12-10-16/h6-7,9-12,14,18,23H,3-5,8,13,15H2,1-2H3/t18-/m1/s1. The van der Waals surface area contributed by atoms with E-state index in [1.807, 2.05) is 35.2 Å². The number of piperidine rings is 1. The van der Waals surface area contributed by atoms with E-state index in [1.165, 1.54) is 0 Å². The number of likely N-dealkylation sites (tertiary alicyclic amines) is 1. The third kappa shape index (κ3) is 5.12. The van der Waals surface area contributed by atoms with Gasteiger partial charge in [0.1, 0.15) is 0 Å². The van der Waals surface area contributed by atoms with Crippen LogP contribution in [0.3, 0.4) is 0 Å². The summed E-state index contributed by atoms with van der Waals surface area (Å²) in [5, 5.41) is 3.53. The highest BCUT2D eigenvalue weighted by Gasteiger charge is 2.23. The first-order valence-corrected chi connectivity index (χ1v) is 9.35. The maximum absolute atomic E-state index is 12.6. The molecule has 27 heavy (non-hydrogen) atoms. The number of aryl methyl sites for hydroxylation is 1. The molecule has 1 N–H and O–H groups in total. The van der Waals surface area contributed by atoms with Crippen molar-refractivity contribution in [3.63, 3.8) is 0 Å². The molecule has 144 valence electrons. The van der Waals surface area contributed by atoms with Crippen LogP contribution in [0.2, 0.25) is 0 Å². The van der Waals surface area contributed by atoms with Crippen molar-refractivity contribution in [2.75, 3.05) is 32.6 Å². The van der Waals surface area contributed by atoms with Crippen molar-refractivity contribution >= 4 is 11.6 Å². The zero-order valence-corrected chi connectivity index (χ0v) is 16.0. The summed E-state index contributed by atoms with van der Waals surface area (Å²) in [7, 11) is 3.26. The van der Waals surface area contributed by atoms with Crippen molar-refractivity contribution < 1.29 is 14.3 Å². The lowest BCUT2D eigenvalue weighted by atomic mass is 10.0. The molecule has 1 saturated heterocycles. The zero-order chi connectivity index (χ0) is 19.1. The van der Waals surface area contributed by atoms with E-state index < -0.39 is 0 Å². The number of aromatic nitrogens is 1. The first-order chi connectivity index (χ1) is 13.2. The molecule has 3 rings (SSSR count). The molecular formula is C21H27N3O3. The van der Waals surface area contributed by atoms with Crippen molar-refractivity contribution in [3.8, 4) is 11.5 Å². The second-order valence-electron chi connectivity index (χ2n) is 6.75. The number of hydrogen-bond donors (Lipinski definition) is 1. The second-order valence-corrected chi connectivity index (χ2v) is 6.75. The highest BCUT2D eigenvalue weighted by molar-refractivity contribution is 5.76. The fourth-order valence-electron chi connectivity index (χ4n) is 3.44. The van der Waals surface area contributed by atoms with Crippen LogP contribution in [0.15, 0.2) is 42.7 Å². The van der Waals surface area contributed by atoms with Gasteiger partial charge >= 0.3 is 0 Å². The van der Waals surface area contributed by atoms with Crippen LogP contribution in [0, 0.1) is 0 Å². The van der Waals surface area contributed by atoms with Gasteiger partial charge in [-0.1, -0.05) is 0 Å². The van der Waals surface area contributed by atoms with Crippen LogP contribution < -0.4 is 14.8 Å². The molecule has 2 heterocycles. The quantitative estimate of drug-likeness (QED) is 0.812. The lowest BCUT2D eigenvalue weighted by Gasteiger charge is -2.34. The molecule has 1 aromatic carbocycles. The summed E-state index contributed by atoms with van der Waals surface area (Å²) in [6.45, 7) is 1.56. The van der Waals surface area contributed by atoms with E-state index in [0.717, 1.165) is 43.6 Å². The van der Waals surface area contributed by atoms with Gasteiger partial charge in [0, 0.05) is 49.7 Å². The number of rotatable bonds is 7. The van der Waals surface area contributed by atoms with E-state index in [9.17, 15) is 4.79 Å². The monoisotopic (exact) mass is 369 g/mol. The van der Waals surface area contributed by atoms with Gasteiger partial charge in [-0.2, -0.15) is 0 Å². The average molecular weight is 369 g/mol. The van der Waals surface area contributed by atoms with Crippen molar-refractivity contribution in [2.24, 2.45) is 0 Å². The number of anilines is 1. The van der Waals surface area contributed by atoms with Gasteiger partial charge in [0.2, 0.25) is 5.91 Å². The Morgan fingerprint density at radius 1 is 1.19 bits per heavy atom. The van der Waals surface area contributed by atoms with Crippen LogP contribution >= 0.6 is 0 Å². The molecule has 6 nitrogen and oxygen atoms in total. The molecule has 0 spiro atoms. The molecule has 1 atom stereocenters. The fraction of sp³-hybridized carbons (Fsp3) is 0.429. The normalized spacial score (nSPS) is 16.7. The molecule has 1 fully saturated rings. The molecule has 0 unspecified atom stereocenters. The third-order valence-corrected chi connectivity index (χ3v) is 4.91. The predicted octanol–water partition coefficient (Wildman–Crippen LogP) is 3.13. The summed E-state index contributed by atoms with van der Waals surface area (Å²) in [5.41, 5.74) is 2.12. The number of carbonyl (C=O) groups excluding carboxylic acids is 1. The number of carbonyl (C=O) groups is 1. The zero-order valence-electron chi connectivity index (χ0n) is 16.0. The number of benzene rings is 1. The molecule has 6 heteroatoms. The lowest BCUT2D eigenvalue weighted by Crippen LogP contribution is -2.45. The van der Waals surface area contributed by atoms with Gasteiger partial charge < -0.3 is 19.7 Å². The molecule has 1 aliphatic heterocycles. The number of nitrogens with zero attached hydrogens (tertiary/aromatic N) is 2. The number of ether oxygens (including phenoxy) is 2. The first-order valence-electron chi connectivity index (χ1n) is 9.35. The van der Waals surface area contributed by atoms with E-state index in [2.05, 4.69) is 10.3 Å². The van der Waals surface area contributed by atoms with Gasteiger partial charge in [-0.05, 0) is 49.1 Å².